The number of alkyl halides is 3. The molecule has 0 unspecified atom stereocenters. The van der Waals surface area contributed by atoms with E-state index in [1.165, 1.54) is 6.08 Å². The van der Waals surface area contributed by atoms with Crippen molar-refractivity contribution < 1.29 is 18.0 Å². The number of allylic oxidation sites excluding steroid dienone is 6. The Labute approximate surface area is 160 Å². The molecule has 0 aromatic carbocycles. The van der Waals surface area contributed by atoms with Crippen LogP contribution < -0.4 is 0 Å². The number of nitrogens with one attached hydrogen (secondary N) is 1. The van der Waals surface area contributed by atoms with Crippen molar-refractivity contribution in [2.75, 3.05) is 13.1 Å². The van der Waals surface area contributed by atoms with Gasteiger partial charge < -0.3 is 9.88 Å². The lowest BCUT2D eigenvalue weighted by molar-refractivity contribution is -0.0896. The standard InChI is InChI=1S/C21H20F3N3O/c22-21(23,24)16-6-3-1-2-5-15(16)14-8-11-27(12-9-14)20(28)19-13-18-17(26-19)7-4-10-25-18/h1-4,6-7,10,13-14,26H,5,8-9,11-12H2. The molecule has 0 bridgehead atoms. The first-order valence-corrected chi connectivity index (χ1v) is 9.30. The number of rotatable bonds is 2. The van der Waals surface area contributed by atoms with Crippen molar-refractivity contribution in [1.29, 1.82) is 0 Å². The molecule has 0 spiro atoms. The van der Waals surface area contributed by atoms with Crippen LogP contribution in [-0.2, 0) is 0 Å². The molecule has 4 nitrogen and oxygen atoms in total. The molecular weight excluding hydrogens is 367 g/mol. The zero-order chi connectivity index (χ0) is 19.7. The molecule has 4 rings (SSSR count). The van der Waals surface area contributed by atoms with E-state index in [-0.39, 0.29) is 11.8 Å². The Hall–Kier alpha value is -2.83. The molecule has 1 N–H and O–H groups in total. The number of aromatic amines is 1. The summed E-state index contributed by atoms with van der Waals surface area (Å²) in [6, 6.07) is 5.36. The molecule has 1 aliphatic heterocycles. The zero-order valence-corrected chi connectivity index (χ0v) is 15.2. The Bertz CT molecular complexity index is 943. The van der Waals surface area contributed by atoms with E-state index >= 15 is 0 Å². The predicted octanol–water partition coefficient (Wildman–Crippen LogP) is 4.79. The van der Waals surface area contributed by atoms with Gasteiger partial charge in [-0.1, -0.05) is 29.9 Å². The highest BCUT2D eigenvalue weighted by atomic mass is 19.4. The van der Waals surface area contributed by atoms with Gasteiger partial charge in [-0.25, -0.2) is 0 Å². The van der Waals surface area contributed by atoms with E-state index in [4.69, 9.17) is 0 Å². The normalized spacial score (nSPS) is 18.8. The second kappa shape index (κ2) is 7.30. The SMILES string of the molecule is O=C(c1cc2ncccc2[nH]1)N1CCC(C2=C(C(F)(F)F)C=CC=CC2)CC1. The van der Waals surface area contributed by atoms with Gasteiger partial charge in [0.1, 0.15) is 5.69 Å². The van der Waals surface area contributed by atoms with Crippen LogP contribution in [0.1, 0.15) is 29.8 Å². The number of carbonyl (C=O) groups is 1. The molecule has 28 heavy (non-hydrogen) atoms. The van der Waals surface area contributed by atoms with E-state index in [0.29, 0.717) is 43.6 Å². The van der Waals surface area contributed by atoms with Crippen molar-refractivity contribution in [2.45, 2.75) is 25.4 Å². The van der Waals surface area contributed by atoms with Gasteiger partial charge in [0, 0.05) is 19.3 Å². The summed E-state index contributed by atoms with van der Waals surface area (Å²) in [6.45, 7) is 0.878. The molecule has 1 amide bonds. The Morgan fingerprint density at radius 1 is 1.21 bits per heavy atom. The monoisotopic (exact) mass is 387 g/mol. The number of fused-ring (bicyclic) bond motifs is 1. The quantitative estimate of drug-likeness (QED) is 0.805. The molecule has 2 aliphatic rings. The number of H-pyrrole nitrogens is 1. The van der Waals surface area contributed by atoms with Crippen molar-refractivity contribution in [2.24, 2.45) is 5.92 Å². The molecule has 0 saturated carbocycles. The maximum Gasteiger partial charge on any atom is 0.416 e. The molecule has 7 heteroatoms. The highest BCUT2D eigenvalue weighted by molar-refractivity contribution is 5.97. The minimum atomic E-state index is -4.36. The van der Waals surface area contributed by atoms with E-state index in [2.05, 4.69) is 9.97 Å². The van der Waals surface area contributed by atoms with Crippen molar-refractivity contribution in [1.82, 2.24) is 14.9 Å². The van der Waals surface area contributed by atoms with Crippen LogP contribution in [-0.4, -0.2) is 40.0 Å². The average Bonchev–Trinajstić information content (AvgIpc) is 2.95. The van der Waals surface area contributed by atoms with E-state index in [9.17, 15) is 18.0 Å². The lowest BCUT2D eigenvalue weighted by Gasteiger charge is -2.34. The van der Waals surface area contributed by atoms with Gasteiger partial charge in [0.25, 0.3) is 5.91 Å². The summed E-state index contributed by atoms with van der Waals surface area (Å²) >= 11 is 0. The number of likely N-dealkylation sites (tertiary alicyclic amines) is 1. The predicted molar refractivity (Wildman–Crippen MR) is 101 cm³/mol. The number of hydrogen-bond acceptors (Lipinski definition) is 2. The van der Waals surface area contributed by atoms with Gasteiger partial charge in [-0.15, -0.1) is 0 Å². The largest absolute Gasteiger partial charge is 0.416 e. The van der Waals surface area contributed by atoms with Gasteiger partial charge in [-0.3, -0.25) is 9.78 Å². The fraction of sp³-hybridized carbons (Fsp3) is 0.333. The number of amides is 1. The second-order valence-corrected chi connectivity index (χ2v) is 7.11. The van der Waals surface area contributed by atoms with Crippen molar-refractivity contribution in [3.63, 3.8) is 0 Å². The molecule has 0 radical (unpaired) electrons. The lowest BCUT2D eigenvalue weighted by Crippen LogP contribution is -2.39. The van der Waals surface area contributed by atoms with Crippen molar-refractivity contribution in [3.8, 4) is 0 Å². The first-order valence-electron chi connectivity index (χ1n) is 9.30. The van der Waals surface area contributed by atoms with Gasteiger partial charge in [0.2, 0.25) is 0 Å². The van der Waals surface area contributed by atoms with Crippen LogP contribution in [0, 0.1) is 5.92 Å². The number of piperidine rings is 1. The Balaban J connectivity index is 1.49. The number of aromatic nitrogens is 2. The van der Waals surface area contributed by atoms with E-state index in [0.717, 1.165) is 17.1 Å². The molecule has 2 aromatic rings. The molecular formula is C21H20F3N3O. The number of halogens is 3. The topological polar surface area (TPSA) is 49.0 Å². The fourth-order valence-electron chi connectivity index (χ4n) is 3.98. The summed E-state index contributed by atoms with van der Waals surface area (Å²) in [6.07, 6.45) is 4.68. The van der Waals surface area contributed by atoms with Crippen LogP contribution in [0.2, 0.25) is 0 Å². The van der Waals surface area contributed by atoms with Crippen LogP contribution in [0.3, 0.4) is 0 Å². The molecule has 3 heterocycles. The van der Waals surface area contributed by atoms with E-state index in [1.54, 1.807) is 35.4 Å². The van der Waals surface area contributed by atoms with Crippen LogP contribution >= 0.6 is 0 Å². The number of hydrogen-bond donors (Lipinski definition) is 1. The highest BCUT2D eigenvalue weighted by Crippen LogP contribution is 2.38. The summed E-state index contributed by atoms with van der Waals surface area (Å²) < 4.78 is 40.3. The zero-order valence-electron chi connectivity index (χ0n) is 15.2. The number of nitrogens with zero attached hydrogens (tertiary/aromatic N) is 2. The minimum Gasteiger partial charge on any atom is -0.349 e. The summed E-state index contributed by atoms with van der Waals surface area (Å²) in [5, 5.41) is 0. The minimum absolute atomic E-state index is 0.137. The Kier molecular flexibility index (Phi) is 4.83. The maximum atomic E-state index is 13.4. The summed E-state index contributed by atoms with van der Waals surface area (Å²) in [4.78, 5) is 21.8. The third kappa shape index (κ3) is 3.61. The van der Waals surface area contributed by atoms with Gasteiger partial charge in [0.15, 0.2) is 0 Å². The van der Waals surface area contributed by atoms with Crippen LogP contribution in [0.4, 0.5) is 13.2 Å². The van der Waals surface area contributed by atoms with E-state index < -0.39 is 11.7 Å². The smallest absolute Gasteiger partial charge is 0.349 e. The molecule has 0 atom stereocenters. The van der Waals surface area contributed by atoms with Crippen LogP contribution in [0.15, 0.2) is 59.8 Å². The third-order valence-corrected chi connectivity index (χ3v) is 5.39. The fourth-order valence-corrected chi connectivity index (χ4v) is 3.98. The third-order valence-electron chi connectivity index (χ3n) is 5.39. The Morgan fingerprint density at radius 3 is 2.71 bits per heavy atom. The molecule has 1 fully saturated rings. The van der Waals surface area contributed by atoms with Gasteiger partial charge >= 0.3 is 6.18 Å². The van der Waals surface area contributed by atoms with Gasteiger partial charge in [0.05, 0.1) is 16.6 Å². The summed E-state index contributed by atoms with van der Waals surface area (Å²) in [5.41, 5.74) is 1.86. The molecule has 1 saturated heterocycles. The van der Waals surface area contributed by atoms with E-state index in [1.807, 2.05) is 6.07 Å². The number of carbonyl (C=O) groups excluding carboxylic acids is 1. The average molecular weight is 387 g/mol. The summed E-state index contributed by atoms with van der Waals surface area (Å²) in [7, 11) is 0. The number of pyridine rings is 1. The molecule has 146 valence electrons. The second-order valence-electron chi connectivity index (χ2n) is 7.11. The van der Waals surface area contributed by atoms with Gasteiger partial charge in [-0.05, 0) is 43.4 Å². The lowest BCUT2D eigenvalue weighted by atomic mass is 9.84. The van der Waals surface area contributed by atoms with Crippen molar-refractivity contribution >= 4 is 16.9 Å². The van der Waals surface area contributed by atoms with Gasteiger partial charge in [-0.2, -0.15) is 13.2 Å². The maximum absolute atomic E-state index is 13.4. The highest BCUT2D eigenvalue weighted by Gasteiger charge is 2.37. The molecule has 1 aliphatic carbocycles. The first-order chi connectivity index (χ1) is 13.4. The van der Waals surface area contributed by atoms with Crippen LogP contribution in [0.5, 0.6) is 0 Å². The first kappa shape index (κ1) is 18.5. The summed E-state index contributed by atoms with van der Waals surface area (Å²) in [5.74, 6) is -0.306. The Morgan fingerprint density at radius 2 is 2.00 bits per heavy atom. The van der Waals surface area contributed by atoms with Crippen LogP contribution in [0.25, 0.3) is 11.0 Å². The van der Waals surface area contributed by atoms with Crippen molar-refractivity contribution in [3.05, 3.63) is 65.5 Å². The molecule has 2 aromatic heterocycles.